The Morgan fingerprint density at radius 2 is 1.76 bits per heavy atom. The third kappa shape index (κ3) is 3.72. The maximum atomic E-state index is 3.68. The quantitative estimate of drug-likeness (QED) is 0.677. The molecule has 0 radical (unpaired) electrons. The summed E-state index contributed by atoms with van der Waals surface area (Å²) in [5.41, 5.74) is 1.20. The van der Waals surface area contributed by atoms with Gasteiger partial charge in [0.1, 0.15) is 0 Å². The molecule has 0 aromatic heterocycles. The summed E-state index contributed by atoms with van der Waals surface area (Å²) in [6.07, 6.45) is 6.66. The molecule has 1 aliphatic rings. The van der Waals surface area contributed by atoms with Crippen LogP contribution in [0.2, 0.25) is 0 Å². The minimum absolute atomic E-state index is 0.620. The van der Waals surface area contributed by atoms with Gasteiger partial charge >= 0.3 is 0 Å². The van der Waals surface area contributed by atoms with E-state index in [9.17, 15) is 0 Å². The first-order chi connectivity index (χ1) is 8.16. The SMILES string of the molecule is CC1CCCC(Nc2c(Br)cccc2Br)CC1. The van der Waals surface area contributed by atoms with E-state index in [1.807, 2.05) is 0 Å². The third-order valence-electron chi connectivity index (χ3n) is 3.57. The molecule has 0 saturated heterocycles. The van der Waals surface area contributed by atoms with E-state index in [1.54, 1.807) is 0 Å². The summed E-state index contributed by atoms with van der Waals surface area (Å²) < 4.78 is 2.29. The van der Waals surface area contributed by atoms with Gasteiger partial charge in [0.15, 0.2) is 0 Å². The zero-order chi connectivity index (χ0) is 12.3. The van der Waals surface area contributed by atoms with Crippen LogP contribution in [0.25, 0.3) is 0 Å². The van der Waals surface area contributed by atoms with E-state index in [2.05, 4.69) is 62.3 Å². The van der Waals surface area contributed by atoms with Crippen LogP contribution in [-0.4, -0.2) is 6.04 Å². The molecule has 3 heteroatoms. The molecule has 94 valence electrons. The highest BCUT2D eigenvalue weighted by Gasteiger charge is 2.17. The standard InChI is InChI=1S/C14H19Br2N/c1-10-4-2-5-11(9-8-10)17-14-12(15)6-3-7-13(14)16/h3,6-7,10-11,17H,2,4-5,8-9H2,1H3. The van der Waals surface area contributed by atoms with Crippen LogP contribution in [0.4, 0.5) is 5.69 Å². The Morgan fingerprint density at radius 3 is 2.47 bits per heavy atom. The molecule has 0 spiro atoms. The highest BCUT2D eigenvalue weighted by atomic mass is 79.9. The molecule has 0 heterocycles. The molecular formula is C14H19Br2N. The Bertz CT molecular complexity index is 358. The second-order valence-corrected chi connectivity index (χ2v) is 6.76. The van der Waals surface area contributed by atoms with Gasteiger partial charge in [0, 0.05) is 15.0 Å². The van der Waals surface area contributed by atoms with Gasteiger partial charge in [-0.15, -0.1) is 0 Å². The maximum Gasteiger partial charge on any atom is 0.0631 e. The van der Waals surface area contributed by atoms with Gasteiger partial charge in [-0.3, -0.25) is 0 Å². The molecule has 2 rings (SSSR count). The van der Waals surface area contributed by atoms with E-state index < -0.39 is 0 Å². The fourth-order valence-corrected chi connectivity index (χ4v) is 3.70. The summed E-state index contributed by atoms with van der Waals surface area (Å²) in [5, 5.41) is 3.68. The second kappa shape index (κ2) is 6.24. The third-order valence-corrected chi connectivity index (χ3v) is 4.89. The lowest BCUT2D eigenvalue weighted by Gasteiger charge is -2.20. The van der Waals surface area contributed by atoms with Gasteiger partial charge in [-0.2, -0.15) is 0 Å². The average molecular weight is 361 g/mol. The number of para-hydroxylation sites is 1. The van der Waals surface area contributed by atoms with Crippen LogP contribution in [0, 0.1) is 5.92 Å². The predicted octanol–water partition coefficient (Wildman–Crippen LogP) is 5.59. The molecule has 17 heavy (non-hydrogen) atoms. The van der Waals surface area contributed by atoms with Crippen LogP contribution >= 0.6 is 31.9 Å². The second-order valence-electron chi connectivity index (χ2n) is 5.05. The van der Waals surface area contributed by atoms with Crippen molar-refractivity contribution in [2.24, 2.45) is 5.92 Å². The molecule has 1 aromatic carbocycles. The van der Waals surface area contributed by atoms with Crippen molar-refractivity contribution >= 4 is 37.5 Å². The van der Waals surface area contributed by atoms with Crippen molar-refractivity contribution in [2.45, 2.75) is 45.1 Å². The Hall–Kier alpha value is -0.0200. The molecule has 0 bridgehead atoms. The van der Waals surface area contributed by atoms with Gasteiger partial charge in [-0.05, 0) is 69.2 Å². The summed E-state index contributed by atoms with van der Waals surface area (Å²) in [6.45, 7) is 2.37. The van der Waals surface area contributed by atoms with Crippen molar-refractivity contribution < 1.29 is 0 Å². The molecule has 1 N–H and O–H groups in total. The number of anilines is 1. The Kier molecular flexibility index (Phi) is 4.92. The first kappa shape index (κ1) is 13.4. The molecule has 2 atom stereocenters. The van der Waals surface area contributed by atoms with Crippen molar-refractivity contribution in [1.82, 2.24) is 0 Å². The number of benzene rings is 1. The average Bonchev–Trinajstić information content (AvgIpc) is 2.49. The number of nitrogens with one attached hydrogen (secondary N) is 1. The van der Waals surface area contributed by atoms with Crippen LogP contribution in [0.5, 0.6) is 0 Å². The van der Waals surface area contributed by atoms with Gasteiger partial charge in [0.25, 0.3) is 0 Å². The predicted molar refractivity (Wildman–Crippen MR) is 81.5 cm³/mol. The zero-order valence-corrected chi connectivity index (χ0v) is 13.4. The molecule has 0 amide bonds. The largest absolute Gasteiger partial charge is 0.380 e. The Labute approximate surface area is 121 Å². The molecular weight excluding hydrogens is 342 g/mol. The van der Waals surface area contributed by atoms with Crippen molar-refractivity contribution in [3.63, 3.8) is 0 Å². The molecule has 1 saturated carbocycles. The number of halogens is 2. The fourth-order valence-electron chi connectivity index (χ4n) is 2.47. The molecule has 1 fully saturated rings. The molecule has 1 aromatic rings. The van der Waals surface area contributed by atoms with Gasteiger partial charge < -0.3 is 5.32 Å². The molecule has 2 unspecified atom stereocenters. The first-order valence-corrected chi connectivity index (χ1v) is 7.96. The van der Waals surface area contributed by atoms with E-state index in [1.165, 1.54) is 37.8 Å². The van der Waals surface area contributed by atoms with Crippen molar-refractivity contribution in [2.75, 3.05) is 5.32 Å². The van der Waals surface area contributed by atoms with E-state index in [4.69, 9.17) is 0 Å². The van der Waals surface area contributed by atoms with Crippen molar-refractivity contribution in [1.29, 1.82) is 0 Å². The van der Waals surface area contributed by atoms with Gasteiger partial charge in [-0.25, -0.2) is 0 Å². The lowest BCUT2D eigenvalue weighted by Crippen LogP contribution is -2.19. The zero-order valence-electron chi connectivity index (χ0n) is 10.2. The van der Waals surface area contributed by atoms with E-state index in [-0.39, 0.29) is 0 Å². The normalized spacial score (nSPS) is 25.4. The molecule has 1 aliphatic carbocycles. The van der Waals surface area contributed by atoms with Crippen LogP contribution in [0.15, 0.2) is 27.1 Å². The van der Waals surface area contributed by atoms with Gasteiger partial charge in [-0.1, -0.05) is 25.8 Å². The molecule has 0 aliphatic heterocycles. The highest BCUT2D eigenvalue weighted by molar-refractivity contribution is 9.11. The fraction of sp³-hybridized carbons (Fsp3) is 0.571. The van der Waals surface area contributed by atoms with Crippen LogP contribution in [0.3, 0.4) is 0 Å². The van der Waals surface area contributed by atoms with E-state index in [0.29, 0.717) is 6.04 Å². The summed E-state index contributed by atoms with van der Waals surface area (Å²) in [4.78, 5) is 0. The number of hydrogen-bond acceptors (Lipinski definition) is 1. The summed E-state index contributed by atoms with van der Waals surface area (Å²) in [5.74, 6) is 0.893. The minimum atomic E-state index is 0.620. The summed E-state index contributed by atoms with van der Waals surface area (Å²) in [6, 6.07) is 6.85. The van der Waals surface area contributed by atoms with Crippen LogP contribution < -0.4 is 5.32 Å². The smallest absolute Gasteiger partial charge is 0.0631 e. The minimum Gasteiger partial charge on any atom is -0.380 e. The number of hydrogen-bond donors (Lipinski definition) is 1. The van der Waals surface area contributed by atoms with Crippen LogP contribution in [0.1, 0.15) is 39.0 Å². The van der Waals surface area contributed by atoms with Crippen molar-refractivity contribution in [3.05, 3.63) is 27.1 Å². The topological polar surface area (TPSA) is 12.0 Å². The van der Waals surface area contributed by atoms with E-state index in [0.717, 1.165) is 14.9 Å². The van der Waals surface area contributed by atoms with Crippen LogP contribution in [-0.2, 0) is 0 Å². The van der Waals surface area contributed by atoms with Gasteiger partial charge in [0.05, 0.1) is 5.69 Å². The highest BCUT2D eigenvalue weighted by Crippen LogP contribution is 2.33. The number of rotatable bonds is 2. The Balaban J connectivity index is 2.05. The van der Waals surface area contributed by atoms with E-state index >= 15 is 0 Å². The maximum absolute atomic E-state index is 3.68. The monoisotopic (exact) mass is 359 g/mol. The lowest BCUT2D eigenvalue weighted by molar-refractivity contribution is 0.502. The van der Waals surface area contributed by atoms with Gasteiger partial charge in [0.2, 0.25) is 0 Å². The lowest BCUT2D eigenvalue weighted by atomic mass is 10.0. The summed E-state index contributed by atoms with van der Waals surface area (Å²) in [7, 11) is 0. The summed E-state index contributed by atoms with van der Waals surface area (Å²) >= 11 is 7.23. The molecule has 1 nitrogen and oxygen atoms in total. The Morgan fingerprint density at radius 1 is 1.06 bits per heavy atom. The first-order valence-electron chi connectivity index (χ1n) is 6.37. The van der Waals surface area contributed by atoms with Crippen molar-refractivity contribution in [3.8, 4) is 0 Å².